The summed E-state index contributed by atoms with van der Waals surface area (Å²) in [6.45, 7) is 4.53. The van der Waals surface area contributed by atoms with Gasteiger partial charge in [-0.2, -0.15) is 20.1 Å². The van der Waals surface area contributed by atoms with Gasteiger partial charge in [0.25, 0.3) is 11.6 Å². The fraction of sp³-hybridized carbons (Fsp3) is 0.458. The quantitative estimate of drug-likeness (QED) is 0.422. The molecule has 1 aromatic carbocycles. The number of aromatic nitrogens is 3. The van der Waals surface area contributed by atoms with Crippen LogP contribution >= 0.6 is 0 Å². The van der Waals surface area contributed by atoms with Crippen LogP contribution in [0.4, 0.5) is 11.8 Å². The second kappa shape index (κ2) is 10.2. The number of ether oxygens (including phenoxy) is 1. The molecule has 2 N–H and O–H groups in total. The highest BCUT2D eigenvalue weighted by molar-refractivity contribution is 5.94. The van der Waals surface area contributed by atoms with Crippen molar-refractivity contribution in [3.63, 3.8) is 0 Å². The lowest BCUT2D eigenvalue weighted by Crippen LogP contribution is -2.37. The van der Waals surface area contributed by atoms with Crippen molar-refractivity contribution in [2.45, 2.75) is 45.1 Å². The molecule has 1 aliphatic carbocycles. The Kier molecular flexibility index (Phi) is 6.66. The number of morpholine rings is 1. The lowest BCUT2D eigenvalue weighted by molar-refractivity contribution is 0.0894. The molecule has 3 aromatic rings. The summed E-state index contributed by atoms with van der Waals surface area (Å²) in [5.74, 6) is 0.560. The predicted molar refractivity (Wildman–Crippen MR) is 129 cm³/mol. The molecule has 3 heterocycles. The molecule has 10 nitrogen and oxygen atoms in total. The first-order valence-corrected chi connectivity index (χ1v) is 11.8. The van der Waals surface area contributed by atoms with Crippen molar-refractivity contribution in [1.82, 2.24) is 20.3 Å². The van der Waals surface area contributed by atoms with Crippen LogP contribution in [0.1, 0.15) is 53.9 Å². The largest absolute Gasteiger partial charge is 0.413 e. The zero-order valence-corrected chi connectivity index (χ0v) is 19.3. The van der Waals surface area contributed by atoms with Gasteiger partial charge in [0.2, 0.25) is 5.95 Å². The van der Waals surface area contributed by atoms with E-state index < -0.39 is 0 Å². The minimum Gasteiger partial charge on any atom is -0.413 e. The third-order valence-corrected chi connectivity index (χ3v) is 6.11. The fourth-order valence-electron chi connectivity index (χ4n) is 4.36. The molecular formula is C24H29N7O3. The van der Waals surface area contributed by atoms with Gasteiger partial charge in [-0.15, -0.1) is 0 Å². The van der Waals surface area contributed by atoms with Crippen molar-refractivity contribution < 1.29 is 13.9 Å². The zero-order chi connectivity index (χ0) is 23.3. The van der Waals surface area contributed by atoms with Gasteiger partial charge in [0.15, 0.2) is 11.3 Å². The number of nitrogens with one attached hydrogen (secondary N) is 2. The van der Waals surface area contributed by atoms with Gasteiger partial charge in [0.05, 0.1) is 19.4 Å². The van der Waals surface area contributed by atoms with Crippen LogP contribution in [0.3, 0.4) is 0 Å². The van der Waals surface area contributed by atoms with Gasteiger partial charge in [-0.1, -0.05) is 49.1 Å². The van der Waals surface area contributed by atoms with E-state index in [1.54, 1.807) is 6.21 Å². The summed E-state index contributed by atoms with van der Waals surface area (Å²) >= 11 is 0. The number of hydrazone groups is 1. The summed E-state index contributed by atoms with van der Waals surface area (Å²) in [6.07, 6.45) is 7.15. The standard InChI is InChI=1S/C24H29N7O3/c1-16-6-5-7-17(14-16)15-25-30-24-28-20(31-10-12-33-13-11-31)19-22(29-24)34-23(27-19)21(32)26-18-8-3-2-4-9-18/h5-7,14-15,18H,2-4,8-13H2,1H3,(H,26,32)(H,28,29,30)/b25-15+. The van der Waals surface area contributed by atoms with E-state index in [2.05, 4.69) is 35.7 Å². The molecule has 10 heteroatoms. The number of oxazole rings is 1. The Morgan fingerprint density at radius 2 is 1.97 bits per heavy atom. The third kappa shape index (κ3) is 5.17. The van der Waals surface area contributed by atoms with Gasteiger partial charge in [0, 0.05) is 19.1 Å². The number of rotatable bonds is 6. The Morgan fingerprint density at radius 1 is 1.15 bits per heavy atom. The summed E-state index contributed by atoms with van der Waals surface area (Å²) in [5.41, 5.74) is 5.71. The minimum atomic E-state index is -0.315. The first-order chi connectivity index (χ1) is 16.7. The maximum atomic E-state index is 12.8. The van der Waals surface area contributed by atoms with E-state index in [1.807, 2.05) is 31.2 Å². The van der Waals surface area contributed by atoms with Crippen LogP contribution in [0.5, 0.6) is 0 Å². The number of aryl methyl sites for hydroxylation is 1. The fourth-order valence-corrected chi connectivity index (χ4v) is 4.36. The van der Waals surface area contributed by atoms with Crippen LogP contribution in [0.25, 0.3) is 11.2 Å². The molecule has 2 aliphatic rings. The summed E-state index contributed by atoms with van der Waals surface area (Å²) < 4.78 is 11.3. The average molecular weight is 464 g/mol. The average Bonchev–Trinajstić information content (AvgIpc) is 3.29. The molecule has 5 rings (SSSR count). The second-order valence-electron chi connectivity index (χ2n) is 8.74. The molecule has 2 fully saturated rings. The molecule has 34 heavy (non-hydrogen) atoms. The van der Waals surface area contributed by atoms with E-state index in [-0.39, 0.29) is 29.5 Å². The first-order valence-electron chi connectivity index (χ1n) is 11.8. The van der Waals surface area contributed by atoms with E-state index in [0.717, 1.165) is 36.8 Å². The highest BCUT2D eigenvalue weighted by atomic mass is 16.5. The Morgan fingerprint density at radius 3 is 2.76 bits per heavy atom. The Hall–Kier alpha value is -3.53. The highest BCUT2D eigenvalue weighted by Gasteiger charge is 2.25. The summed E-state index contributed by atoms with van der Waals surface area (Å²) in [5, 5.41) is 7.33. The predicted octanol–water partition coefficient (Wildman–Crippen LogP) is 3.27. The van der Waals surface area contributed by atoms with Crippen molar-refractivity contribution in [1.29, 1.82) is 0 Å². The monoisotopic (exact) mass is 463 g/mol. The number of hydrogen-bond acceptors (Lipinski definition) is 9. The van der Waals surface area contributed by atoms with Crippen LogP contribution in [-0.4, -0.2) is 59.4 Å². The first kappa shape index (κ1) is 22.3. The molecule has 1 amide bonds. The van der Waals surface area contributed by atoms with E-state index in [1.165, 1.54) is 6.42 Å². The lowest BCUT2D eigenvalue weighted by Gasteiger charge is -2.27. The number of hydrogen-bond donors (Lipinski definition) is 2. The minimum absolute atomic E-state index is 0.00444. The molecular weight excluding hydrogens is 434 g/mol. The van der Waals surface area contributed by atoms with Crippen LogP contribution in [-0.2, 0) is 4.74 Å². The van der Waals surface area contributed by atoms with Crippen LogP contribution in [0.2, 0.25) is 0 Å². The van der Waals surface area contributed by atoms with Gasteiger partial charge in [-0.25, -0.2) is 5.43 Å². The Labute approximate surface area is 197 Å². The van der Waals surface area contributed by atoms with Gasteiger partial charge in [0.1, 0.15) is 0 Å². The molecule has 0 bridgehead atoms. The molecule has 1 saturated carbocycles. The maximum absolute atomic E-state index is 12.8. The van der Waals surface area contributed by atoms with Crippen LogP contribution in [0.15, 0.2) is 33.8 Å². The molecule has 1 saturated heterocycles. The second-order valence-corrected chi connectivity index (χ2v) is 8.74. The van der Waals surface area contributed by atoms with Crippen molar-refractivity contribution in [3.8, 4) is 0 Å². The number of benzene rings is 1. The van der Waals surface area contributed by atoms with Gasteiger partial charge in [-0.3, -0.25) is 4.79 Å². The topological polar surface area (TPSA) is 118 Å². The van der Waals surface area contributed by atoms with E-state index in [9.17, 15) is 4.79 Å². The molecule has 0 radical (unpaired) electrons. The number of carbonyl (C=O) groups is 1. The summed E-state index contributed by atoms with van der Waals surface area (Å²) in [6, 6.07) is 8.16. The van der Waals surface area contributed by atoms with Crippen molar-refractivity contribution in [2.24, 2.45) is 5.10 Å². The van der Waals surface area contributed by atoms with E-state index in [0.29, 0.717) is 37.6 Å². The van der Waals surface area contributed by atoms with Gasteiger partial charge >= 0.3 is 5.91 Å². The molecule has 0 unspecified atom stereocenters. The molecule has 2 aromatic heterocycles. The number of fused-ring (bicyclic) bond motifs is 1. The Bertz CT molecular complexity index is 1180. The molecule has 1 aliphatic heterocycles. The summed E-state index contributed by atoms with van der Waals surface area (Å²) in [7, 11) is 0. The highest BCUT2D eigenvalue weighted by Crippen LogP contribution is 2.27. The number of anilines is 2. The number of carbonyl (C=O) groups excluding carboxylic acids is 1. The zero-order valence-electron chi connectivity index (χ0n) is 19.3. The molecule has 0 spiro atoms. The maximum Gasteiger partial charge on any atom is 0.307 e. The molecule has 178 valence electrons. The number of nitrogens with zero attached hydrogens (tertiary/aromatic N) is 5. The molecule has 0 atom stereocenters. The normalized spacial score (nSPS) is 17.4. The van der Waals surface area contributed by atoms with Crippen LogP contribution < -0.4 is 15.6 Å². The smallest absolute Gasteiger partial charge is 0.307 e. The van der Waals surface area contributed by atoms with Crippen LogP contribution in [0, 0.1) is 6.92 Å². The van der Waals surface area contributed by atoms with Gasteiger partial charge in [-0.05, 0) is 25.3 Å². The van der Waals surface area contributed by atoms with Crippen molar-refractivity contribution in [3.05, 3.63) is 41.3 Å². The van der Waals surface area contributed by atoms with Crippen molar-refractivity contribution in [2.75, 3.05) is 36.6 Å². The SMILES string of the molecule is Cc1cccc(/C=N/Nc2nc(N3CCOCC3)c3nc(C(=O)NC4CCCCC4)oc3n2)c1. The van der Waals surface area contributed by atoms with E-state index in [4.69, 9.17) is 9.15 Å². The number of amides is 1. The third-order valence-electron chi connectivity index (χ3n) is 6.11. The van der Waals surface area contributed by atoms with E-state index >= 15 is 0 Å². The lowest BCUT2D eigenvalue weighted by atomic mass is 9.95. The van der Waals surface area contributed by atoms with Gasteiger partial charge < -0.3 is 19.4 Å². The summed E-state index contributed by atoms with van der Waals surface area (Å²) in [4.78, 5) is 28.4. The van der Waals surface area contributed by atoms with Crippen molar-refractivity contribution >= 4 is 35.1 Å². The Balaban J connectivity index is 1.41.